The summed E-state index contributed by atoms with van der Waals surface area (Å²) in [6, 6.07) is 5.92. The van der Waals surface area contributed by atoms with E-state index in [0.717, 1.165) is 5.56 Å². The van der Waals surface area contributed by atoms with Crippen LogP contribution in [-0.4, -0.2) is 86.7 Å². The van der Waals surface area contributed by atoms with Gasteiger partial charge >= 0.3 is 18.0 Å². The average Bonchev–Trinajstić information content (AvgIpc) is 3.52. The zero-order valence-electron chi connectivity index (χ0n) is 22.1. The molecular weight excluding hydrogens is 494 g/mol. The standard InChI is InChI=1S/C27H37N3O8/c1-27(2,3)38-26(37)28-19(16-18(24(33)34)15-17-9-5-4-6-10-17)22(31)29-13-7-11-20(29)23(32)30-14-8-12-21(30)25(35)36/h4-6,9-10,18-21H,7-8,11-16H2,1-3H3,(H,28,37)(H,33,34)(H,35,36)/t18?,19-,20-,21-/m0/s1. The third-order valence-electron chi connectivity index (χ3n) is 6.83. The number of nitrogens with zero attached hydrogens (tertiary/aromatic N) is 2. The maximum atomic E-state index is 13.8. The number of aliphatic carboxylic acids is 2. The second-order valence-electron chi connectivity index (χ2n) is 10.9. The minimum atomic E-state index is -1.25. The van der Waals surface area contributed by atoms with E-state index in [9.17, 15) is 34.2 Å². The van der Waals surface area contributed by atoms with Crippen LogP contribution in [0.3, 0.4) is 0 Å². The molecule has 2 fully saturated rings. The van der Waals surface area contributed by atoms with Crippen molar-refractivity contribution in [1.82, 2.24) is 15.1 Å². The molecular formula is C27H37N3O8. The summed E-state index contributed by atoms with van der Waals surface area (Å²) in [4.78, 5) is 66.2. The molecule has 0 spiro atoms. The molecule has 38 heavy (non-hydrogen) atoms. The Bertz CT molecular complexity index is 1040. The molecule has 11 heteroatoms. The molecule has 2 aliphatic rings. The molecule has 11 nitrogen and oxygen atoms in total. The van der Waals surface area contributed by atoms with Gasteiger partial charge in [0.1, 0.15) is 23.7 Å². The molecule has 208 valence electrons. The largest absolute Gasteiger partial charge is 0.481 e. The number of ether oxygens (including phenoxy) is 1. The van der Waals surface area contributed by atoms with Crippen LogP contribution in [0.1, 0.15) is 58.4 Å². The second kappa shape index (κ2) is 12.3. The van der Waals surface area contributed by atoms with E-state index in [4.69, 9.17) is 4.74 Å². The van der Waals surface area contributed by atoms with Gasteiger partial charge in [-0.2, -0.15) is 0 Å². The molecule has 2 heterocycles. The second-order valence-corrected chi connectivity index (χ2v) is 10.9. The minimum Gasteiger partial charge on any atom is -0.481 e. The van der Waals surface area contributed by atoms with Crippen molar-refractivity contribution in [3.8, 4) is 0 Å². The molecule has 3 N–H and O–H groups in total. The number of benzene rings is 1. The highest BCUT2D eigenvalue weighted by Gasteiger charge is 2.44. The van der Waals surface area contributed by atoms with Gasteiger partial charge in [-0.1, -0.05) is 30.3 Å². The third kappa shape index (κ3) is 7.45. The number of alkyl carbamates (subject to hydrolysis) is 1. The fourth-order valence-electron chi connectivity index (χ4n) is 5.09. The zero-order valence-corrected chi connectivity index (χ0v) is 22.1. The summed E-state index contributed by atoms with van der Waals surface area (Å²) in [7, 11) is 0. The maximum absolute atomic E-state index is 13.8. The summed E-state index contributed by atoms with van der Waals surface area (Å²) in [6.07, 6.45) is 0.870. The number of hydrogen-bond acceptors (Lipinski definition) is 6. The van der Waals surface area contributed by atoms with Crippen LogP contribution >= 0.6 is 0 Å². The predicted octanol–water partition coefficient (Wildman–Crippen LogP) is 2.28. The van der Waals surface area contributed by atoms with Gasteiger partial charge in [0.25, 0.3) is 0 Å². The van der Waals surface area contributed by atoms with Crippen LogP contribution in [-0.2, 0) is 30.3 Å². The lowest BCUT2D eigenvalue weighted by atomic mass is 9.92. The van der Waals surface area contributed by atoms with Crippen LogP contribution in [0.2, 0.25) is 0 Å². The number of carboxylic acids is 2. The Hall–Kier alpha value is -3.63. The Morgan fingerprint density at radius 1 is 0.974 bits per heavy atom. The fraction of sp³-hybridized carbons (Fsp3) is 0.593. The molecule has 0 radical (unpaired) electrons. The first kappa shape index (κ1) is 28.9. The van der Waals surface area contributed by atoms with Crippen LogP contribution < -0.4 is 5.32 Å². The summed E-state index contributed by atoms with van der Waals surface area (Å²) in [5.74, 6) is -4.21. The lowest BCUT2D eigenvalue weighted by molar-refractivity contribution is -0.152. The van der Waals surface area contributed by atoms with Crippen molar-refractivity contribution < 1.29 is 38.9 Å². The molecule has 3 rings (SSSR count). The highest BCUT2D eigenvalue weighted by atomic mass is 16.6. The summed E-state index contributed by atoms with van der Waals surface area (Å²) in [5.41, 5.74) is -0.0758. The van der Waals surface area contributed by atoms with E-state index < -0.39 is 59.5 Å². The zero-order chi connectivity index (χ0) is 28.0. The Kier molecular flexibility index (Phi) is 9.35. The quantitative estimate of drug-likeness (QED) is 0.439. The predicted molar refractivity (Wildman–Crippen MR) is 136 cm³/mol. The SMILES string of the molecule is CC(C)(C)OC(=O)N[C@@H](CC(Cc1ccccc1)C(=O)O)C(=O)N1CCC[C@H]1C(=O)N1CCC[C@H]1C(=O)O. The lowest BCUT2D eigenvalue weighted by Crippen LogP contribution is -2.56. The minimum absolute atomic E-state index is 0.145. The molecule has 4 atom stereocenters. The summed E-state index contributed by atoms with van der Waals surface area (Å²) < 4.78 is 5.33. The highest BCUT2D eigenvalue weighted by molar-refractivity contribution is 5.94. The van der Waals surface area contributed by atoms with E-state index in [1.54, 1.807) is 45.0 Å². The van der Waals surface area contributed by atoms with E-state index >= 15 is 0 Å². The summed E-state index contributed by atoms with van der Waals surface area (Å²) in [6.45, 7) is 5.55. The van der Waals surface area contributed by atoms with Gasteiger partial charge in [0.05, 0.1) is 5.92 Å². The van der Waals surface area contributed by atoms with Crippen molar-refractivity contribution in [1.29, 1.82) is 0 Å². The first-order chi connectivity index (χ1) is 17.9. The van der Waals surface area contributed by atoms with E-state index in [1.165, 1.54) is 9.80 Å². The Morgan fingerprint density at radius 2 is 1.58 bits per heavy atom. The third-order valence-corrected chi connectivity index (χ3v) is 6.83. The number of nitrogens with one attached hydrogen (secondary N) is 1. The molecule has 2 saturated heterocycles. The molecule has 0 aliphatic carbocycles. The van der Waals surface area contributed by atoms with Gasteiger partial charge in [0.15, 0.2) is 0 Å². The van der Waals surface area contributed by atoms with Crippen LogP contribution in [0.4, 0.5) is 4.79 Å². The van der Waals surface area contributed by atoms with Crippen LogP contribution in [0.5, 0.6) is 0 Å². The lowest BCUT2D eigenvalue weighted by Gasteiger charge is -2.33. The number of likely N-dealkylation sites (tertiary alicyclic amines) is 2. The van der Waals surface area contributed by atoms with Crippen molar-refractivity contribution in [3.63, 3.8) is 0 Å². The monoisotopic (exact) mass is 531 g/mol. The highest BCUT2D eigenvalue weighted by Crippen LogP contribution is 2.27. The van der Waals surface area contributed by atoms with Gasteiger partial charge in [0, 0.05) is 13.1 Å². The van der Waals surface area contributed by atoms with E-state index in [1.807, 2.05) is 6.07 Å². The number of carboxylic acid groups (broad SMARTS) is 2. The van der Waals surface area contributed by atoms with Gasteiger partial charge in [-0.25, -0.2) is 9.59 Å². The van der Waals surface area contributed by atoms with Crippen LogP contribution in [0, 0.1) is 5.92 Å². The van der Waals surface area contributed by atoms with Crippen LogP contribution in [0.25, 0.3) is 0 Å². The number of rotatable bonds is 9. The van der Waals surface area contributed by atoms with Crippen molar-refractivity contribution in [2.24, 2.45) is 5.92 Å². The van der Waals surface area contributed by atoms with Crippen molar-refractivity contribution >= 4 is 29.8 Å². The average molecular weight is 532 g/mol. The molecule has 3 amide bonds. The van der Waals surface area contributed by atoms with Gasteiger partial charge < -0.3 is 30.1 Å². The Balaban J connectivity index is 1.83. The van der Waals surface area contributed by atoms with Crippen molar-refractivity contribution in [2.45, 2.75) is 83.0 Å². The topological polar surface area (TPSA) is 154 Å². The Labute approximate surface area is 222 Å². The van der Waals surface area contributed by atoms with Crippen LogP contribution in [0.15, 0.2) is 30.3 Å². The van der Waals surface area contributed by atoms with E-state index in [0.29, 0.717) is 32.2 Å². The molecule has 0 bridgehead atoms. The maximum Gasteiger partial charge on any atom is 0.408 e. The molecule has 0 aromatic heterocycles. The number of amides is 3. The molecule has 2 aliphatic heterocycles. The van der Waals surface area contributed by atoms with Gasteiger partial charge in [-0.3, -0.25) is 14.4 Å². The fourth-order valence-corrected chi connectivity index (χ4v) is 5.09. The van der Waals surface area contributed by atoms with Gasteiger partial charge in [0.2, 0.25) is 11.8 Å². The summed E-state index contributed by atoms with van der Waals surface area (Å²) in [5, 5.41) is 22.0. The normalized spacial score (nSPS) is 21.0. The molecule has 1 aromatic rings. The number of carbonyl (C=O) groups is 5. The van der Waals surface area contributed by atoms with E-state index in [2.05, 4.69) is 5.32 Å². The number of hydrogen-bond donors (Lipinski definition) is 3. The first-order valence-corrected chi connectivity index (χ1v) is 13.0. The molecule has 1 unspecified atom stereocenters. The number of carbonyl (C=O) groups excluding carboxylic acids is 3. The van der Waals surface area contributed by atoms with Gasteiger partial charge in [-0.15, -0.1) is 0 Å². The molecule has 0 saturated carbocycles. The van der Waals surface area contributed by atoms with Crippen molar-refractivity contribution in [3.05, 3.63) is 35.9 Å². The van der Waals surface area contributed by atoms with Crippen molar-refractivity contribution in [2.75, 3.05) is 13.1 Å². The van der Waals surface area contributed by atoms with Gasteiger partial charge in [-0.05, 0) is 64.9 Å². The summed E-state index contributed by atoms with van der Waals surface area (Å²) >= 11 is 0. The Morgan fingerprint density at radius 3 is 2.16 bits per heavy atom. The van der Waals surface area contributed by atoms with E-state index in [-0.39, 0.29) is 19.4 Å². The molecule has 1 aromatic carbocycles. The smallest absolute Gasteiger partial charge is 0.408 e. The first-order valence-electron chi connectivity index (χ1n) is 13.0.